The normalized spacial score (nSPS) is 21.0. The van der Waals surface area contributed by atoms with E-state index in [1.807, 2.05) is 0 Å². The molecule has 1 aliphatic carbocycles. The lowest BCUT2D eigenvalue weighted by Gasteiger charge is -2.44. The van der Waals surface area contributed by atoms with Crippen molar-refractivity contribution < 1.29 is 23.5 Å². The van der Waals surface area contributed by atoms with Gasteiger partial charge in [-0.2, -0.15) is 5.10 Å². The smallest absolute Gasteiger partial charge is 0.358 e. The minimum atomic E-state index is -1.37. The Kier molecular flexibility index (Phi) is 6.23. The maximum atomic E-state index is 14.5. The number of hydrogen-bond acceptors (Lipinski definition) is 5. The molecule has 1 saturated carbocycles. The molecule has 0 radical (unpaired) electrons. The lowest BCUT2D eigenvalue weighted by molar-refractivity contribution is -0.127. The Balaban J connectivity index is 1.76. The number of rotatable bonds is 5. The third-order valence-electron chi connectivity index (χ3n) is 6.48. The Morgan fingerprint density at radius 2 is 1.97 bits per heavy atom. The number of fused-ring (bicyclic) bond motifs is 1. The zero-order chi connectivity index (χ0) is 23.8. The fourth-order valence-corrected chi connectivity index (χ4v) is 4.60. The number of aromatic nitrogens is 2. The van der Waals surface area contributed by atoms with Crippen LogP contribution < -0.4 is 10.2 Å². The highest BCUT2D eigenvalue weighted by molar-refractivity contribution is 6.12. The van der Waals surface area contributed by atoms with Crippen LogP contribution in [0.25, 0.3) is 0 Å². The number of aryl methyl sites for hydroxylation is 1. The van der Waals surface area contributed by atoms with Crippen LogP contribution in [0.15, 0.2) is 24.3 Å². The number of nitrogens with zero attached hydrogens (tertiary/aromatic N) is 3. The molecule has 0 spiro atoms. The fourth-order valence-electron chi connectivity index (χ4n) is 4.60. The molecule has 1 fully saturated rings. The molecule has 2 aromatic rings. The van der Waals surface area contributed by atoms with Gasteiger partial charge in [0.25, 0.3) is 5.91 Å². The lowest BCUT2D eigenvalue weighted by atomic mass is 9.91. The van der Waals surface area contributed by atoms with Crippen LogP contribution in [0.4, 0.5) is 10.1 Å². The van der Waals surface area contributed by atoms with Crippen LogP contribution in [0.1, 0.15) is 72.5 Å². The van der Waals surface area contributed by atoms with Gasteiger partial charge in [0.15, 0.2) is 5.69 Å². The van der Waals surface area contributed by atoms with Crippen molar-refractivity contribution in [3.05, 3.63) is 47.0 Å². The summed E-state index contributed by atoms with van der Waals surface area (Å²) in [6, 6.07) is 5.85. The van der Waals surface area contributed by atoms with Crippen molar-refractivity contribution in [3.8, 4) is 0 Å². The molecule has 4 rings (SSSR count). The molecule has 1 atom stereocenters. The maximum Gasteiger partial charge on any atom is 0.358 e. The van der Waals surface area contributed by atoms with Gasteiger partial charge in [0.1, 0.15) is 17.1 Å². The summed E-state index contributed by atoms with van der Waals surface area (Å²) < 4.78 is 20.8. The monoisotopic (exact) mass is 456 g/mol. The average molecular weight is 457 g/mol. The summed E-state index contributed by atoms with van der Waals surface area (Å²) in [5, 5.41) is 7.34. The number of ether oxygens (including phenoxy) is 1. The van der Waals surface area contributed by atoms with E-state index in [9.17, 15) is 18.8 Å². The lowest BCUT2D eigenvalue weighted by Crippen LogP contribution is -2.65. The van der Waals surface area contributed by atoms with Gasteiger partial charge >= 0.3 is 5.97 Å². The summed E-state index contributed by atoms with van der Waals surface area (Å²) in [7, 11) is 0. The van der Waals surface area contributed by atoms with Crippen molar-refractivity contribution >= 4 is 23.5 Å². The van der Waals surface area contributed by atoms with E-state index in [1.165, 1.54) is 21.7 Å². The average Bonchev–Trinajstić information content (AvgIpc) is 3.21. The summed E-state index contributed by atoms with van der Waals surface area (Å²) in [4.78, 5) is 40.7. The molecule has 0 bridgehead atoms. The first-order chi connectivity index (χ1) is 15.7. The number of anilines is 1. The highest BCUT2D eigenvalue weighted by atomic mass is 19.1. The third kappa shape index (κ3) is 4.24. The topological polar surface area (TPSA) is 93.5 Å². The number of carbonyl (C=O) groups excluding carboxylic acids is 3. The first-order valence-electron chi connectivity index (χ1n) is 11.4. The van der Waals surface area contributed by atoms with Gasteiger partial charge in [0, 0.05) is 17.8 Å². The van der Waals surface area contributed by atoms with Gasteiger partial charge in [-0.15, -0.1) is 0 Å². The Hall–Kier alpha value is -3.23. The summed E-state index contributed by atoms with van der Waals surface area (Å²) >= 11 is 0. The molecule has 176 valence electrons. The van der Waals surface area contributed by atoms with Crippen LogP contribution in [-0.4, -0.2) is 45.8 Å². The maximum absolute atomic E-state index is 14.5. The number of nitrogens with one attached hydrogen (secondary N) is 1. The predicted molar refractivity (Wildman–Crippen MR) is 120 cm³/mol. The molecule has 0 unspecified atom stereocenters. The van der Waals surface area contributed by atoms with Crippen LogP contribution in [0.3, 0.4) is 0 Å². The van der Waals surface area contributed by atoms with Gasteiger partial charge < -0.3 is 10.1 Å². The number of benzene rings is 1. The van der Waals surface area contributed by atoms with Gasteiger partial charge in [0.05, 0.1) is 13.2 Å². The van der Waals surface area contributed by atoms with Crippen molar-refractivity contribution in [3.63, 3.8) is 0 Å². The van der Waals surface area contributed by atoms with Gasteiger partial charge in [-0.25, -0.2) is 9.18 Å². The van der Waals surface area contributed by atoms with E-state index >= 15 is 0 Å². The number of amides is 2. The molecule has 1 aliphatic heterocycles. The Labute approximate surface area is 192 Å². The fraction of sp³-hybridized carbons (Fsp3) is 0.500. The van der Waals surface area contributed by atoms with Crippen LogP contribution in [-0.2, 0) is 16.1 Å². The first kappa shape index (κ1) is 22.9. The molecule has 8 nitrogen and oxygen atoms in total. The van der Waals surface area contributed by atoms with E-state index in [2.05, 4.69) is 10.4 Å². The van der Waals surface area contributed by atoms with Gasteiger partial charge in [-0.1, -0.05) is 25.3 Å². The third-order valence-corrected chi connectivity index (χ3v) is 6.48. The molecule has 2 amide bonds. The summed E-state index contributed by atoms with van der Waals surface area (Å²) in [6.45, 7) is 5.15. The highest BCUT2D eigenvalue weighted by Gasteiger charge is 2.49. The van der Waals surface area contributed by atoms with Crippen molar-refractivity contribution in [2.75, 3.05) is 11.5 Å². The standard InChI is InChI=1S/C24H29FN4O4/c1-4-33-22(31)19-13-20-21(30)29(17-11-10-15(2)18(25)12-17)24(3,14-28(20)27-19)23(32)26-16-8-6-5-7-9-16/h10-13,16H,4-9,14H2,1-3H3,(H,26,32)/t24-/m0/s1. The van der Waals surface area contributed by atoms with E-state index in [0.29, 0.717) is 5.56 Å². The number of hydrogen-bond donors (Lipinski definition) is 1. The summed E-state index contributed by atoms with van der Waals surface area (Å²) in [5.41, 5.74) is -0.531. The molecule has 0 saturated heterocycles. The SMILES string of the molecule is CCOC(=O)c1cc2n(n1)C[C@@](C)(C(=O)NC1CCCCC1)N(c1ccc(C)c(F)c1)C2=O. The molecular formula is C24H29FN4O4. The van der Waals surface area contributed by atoms with Crippen LogP contribution >= 0.6 is 0 Å². The molecule has 1 aromatic heterocycles. The van der Waals surface area contributed by atoms with Gasteiger partial charge in [-0.05, 0) is 51.3 Å². The largest absolute Gasteiger partial charge is 0.461 e. The van der Waals surface area contributed by atoms with Crippen LogP contribution in [0, 0.1) is 12.7 Å². The predicted octanol–water partition coefficient (Wildman–Crippen LogP) is 3.38. The van der Waals surface area contributed by atoms with Crippen LogP contribution in [0.2, 0.25) is 0 Å². The Bertz CT molecular complexity index is 1090. The zero-order valence-electron chi connectivity index (χ0n) is 19.2. The minimum absolute atomic E-state index is 0.00725. The molecule has 1 aromatic carbocycles. The van der Waals surface area contributed by atoms with E-state index < -0.39 is 23.2 Å². The molecule has 2 aliphatic rings. The summed E-state index contributed by atoms with van der Waals surface area (Å²) in [6.07, 6.45) is 4.99. The molecule has 1 N–H and O–H groups in total. The Morgan fingerprint density at radius 3 is 2.64 bits per heavy atom. The number of esters is 1. The Morgan fingerprint density at radius 1 is 1.24 bits per heavy atom. The van der Waals surface area contributed by atoms with Gasteiger partial charge in [-0.3, -0.25) is 19.2 Å². The van der Waals surface area contributed by atoms with E-state index in [1.54, 1.807) is 32.9 Å². The molecule has 33 heavy (non-hydrogen) atoms. The number of halogens is 1. The van der Waals surface area contributed by atoms with E-state index in [-0.39, 0.29) is 42.2 Å². The van der Waals surface area contributed by atoms with Crippen LogP contribution in [0.5, 0.6) is 0 Å². The molecule has 2 heterocycles. The second-order valence-electron chi connectivity index (χ2n) is 8.95. The van der Waals surface area contributed by atoms with Gasteiger partial charge in [0.2, 0.25) is 5.91 Å². The van der Waals surface area contributed by atoms with Crippen molar-refractivity contribution in [2.24, 2.45) is 0 Å². The first-order valence-corrected chi connectivity index (χ1v) is 11.4. The second kappa shape index (κ2) is 8.96. The van der Waals surface area contributed by atoms with Crippen molar-refractivity contribution in [1.29, 1.82) is 0 Å². The van der Waals surface area contributed by atoms with E-state index in [0.717, 1.165) is 32.1 Å². The quantitative estimate of drug-likeness (QED) is 0.697. The molecular weight excluding hydrogens is 427 g/mol. The summed E-state index contributed by atoms with van der Waals surface area (Å²) in [5.74, 6) is -1.98. The molecule has 9 heteroatoms. The second-order valence-corrected chi connectivity index (χ2v) is 8.95. The number of carbonyl (C=O) groups is 3. The highest BCUT2D eigenvalue weighted by Crippen LogP contribution is 2.34. The van der Waals surface area contributed by atoms with E-state index in [4.69, 9.17) is 4.74 Å². The minimum Gasteiger partial charge on any atom is -0.461 e. The zero-order valence-corrected chi connectivity index (χ0v) is 19.2. The van der Waals surface area contributed by atoms with Crippen molar-refractivity contribution in [2.45, 2.75) is 71.0 Å². The van der Waals surface area contributed by atoms with Crippen molar-refractivity contribution in [1.82, 2.24) is 15.1 Å².